The molecule has 0 aromatic carbocycles. The van der Waals surface area contributed by atoms with E-state index in [9.17, 15) is 9.59 Å². The van der Waals surface area contributed by atoms with Gasteiger partial charge >= 0.3 is 0 Å². The van der Waals surface area contributed by atoms with Gasteiger partial charge in [-0.25, -0.2) is 0 Å². The number of aromatic nitrogens is 3. The van der Waals surface area contributed by atoms with Crippen molar-refractivity contribution in [2.24, 2.45) is 5.92 Å². The molecule has 0 unspecified atom stereocenters. The highest BCUT2D eigenvalue weighted by Crippen LogP contribution is 2.21. The zero-order valence-corrected chi connectivity index (χ0v) is 15.0. The number of piperidine rings is 1. The lowest BCUT2D eigenvalue weighted by Gasteiger charge is -2.32. The molecule has 1 N–H and O–H groups in total. The number of hydrogen-bond donors (Lipinski definition) is 1. The lowest BCUT2D eigenvalue weighted by Crippen LogP contribution is -2.43. The van der Waals surface area contributed by atoms with Crippen molar-refractivity contribution in [3.05, 3.63) is 41.8 Å². The maximum Gasteiger partial charge on any atom is 0.253 e. The Hall–Kier alpha value is -2.77. The highest BCUT2D eigenvalue weighted by atomic mass is 16.5. The van der Waals surface area contributed by atoms with E-state index in [4.69, 9.17) is 4.52 Å². The van der Waals surface area contributed by atoms with Gasteiger partial charge in [0, 0.05) is 37.0 Å². The van der Waals surface area contributed by atoms with E-state index in [1.165, 1.54) is 0 Å². The topological polar surface area (TPSA) is 101 Å². The van der Waals surface area contributed by atoms with Crippen LogP contribution in [0.1, 0.15) is 54.3 Å². The average Bonchev–Trinajstić information content (AvgIpc) is 3.12. The fraction of sp³-hybridized carbons (Fsp3) is 0.500. The standard InChI is InChI=1S/C18H23N5O3/c1-3-15(17-20-12(2)22-26-17)21-16(24)13-6-10-23(11-7-13)18(25)14-4-8-19-9-5-14/h4-5,8-9,13,15H,3,6-7,10-11H2,1-2H3,(H,21,24)/t15-/m0/s1. The van der Waals surface area contributed by atoms with E-state index in [0.29, 0.717) is 49.6 Å². The van der Waals surface area contributed by atoms with Crippen molar-refractivity contribution in [2.45, 2.75) is 39.2 Å². The molecular weight excluding hydrogens is 334 g/mol. The number of likely N-dealkylation sites (tertiary alicyclic amines) is 1. The molecule has 0 radical (unpaired) electrons. The molecule has 2 aromatic heterocycles. The molecule has 138 valence electrons. The first-order valence-corrected chi connectivity index (χ1v) is 8.88. The molecule has 0 saturated carbocycles. The zero-order chi connectivity index (χ0) is 18.5. The zero-order valence-electron chi connectivity index (χ0n) is 15.0. The summed E-state index contributed by atoms with van der Waals surface area (Å²) >= 11 is 0. The molecule has 8 heteroatoms. The second kappa shape index (κ2) is 8.07. The van der Waals surface area contributed by atoms with Gasteiger partial charge in [0.1, 0.15) is 6.04 Å². The van der Waals surface area contributed by atoms with E-state index in [0.717, 1.165) is 0 Å². The third kappa shape index (κ3) is 4.07. The van der Waals surface area contributed by atoms with E-state index in [-0.39, 0.29) is 23.8 Å². The molecule has 2 aromatic rings. The van der Waals surface area contributed by atoms with E-state index < -0.39 is 0 Å². The highest BCUT2D eigenvalue weighted by Gasteiger charge is 2.29. The summed E-state index contributed by atoms with van der Waals surface area (Å²) in [5.41, 5.74) is 0.626. The van der Waals surface area contributed by atoms with Gasteiger partial charge in [0.15, 0.2) is 5.82 Å². The number of carbonyl (C=O) groups excluding carboxylic acids is 2. The third-order valence-corrected chi connectivity index (χ3v) is 4.65. The minimum atomic E-state index is -0.278. The van der Waals surface area contributed by atoms with Crippen LogP contribution in [0.3, 0.4) is 0 Å². The Labute approximate surface area is 152 Å². The van der Waals surface area contributed by atoms with Crippen molar-refractivity contribution >= 4 is 11.8 Å². The van der Waals surface area contributed by atoms with Gasteiger partial charge in [-0.15, -0.1) is 0 Å². The summed E-state index contributed by atoms with van der Waals surface area (Å²) < 4.78 is 5.17. The first-order valence-electron chi connectivity index (χ1n) is 8.88. The lowest BCUT2D eigenvalue weighted by atomic mass is 9.95. The SMILES string of the molecule is CC[C@H](NC(=O)C1CCN(C(=O)c2ccncc2)CC1)c1nc(C)no1. The second-order valence-electron chi connectivity index (χ2n) is 6.45. The van der Waals surface area contributed by atoms with Crippen molar-refractivity contribution in [1.29, 1.82) is 0 Å². The summed E-state index contributed by atoms with van der Waals surface area (Å²) in [5.74, 6) is 0.830. The average molecular weight is 357 g/mol. The van der Waals surface area contributed by atoms with Crippen LogP contribution in [-0.4, -0.2) is 44.9 Å². The van der Waals surface area contributed by atoms with Gasteiger partial charge < -0.3 is 14.7 Å². The van der Waals surface area contributed by atoms with Gasteiger partial charge in [0.05, 0.1) is 0 Å². The van der Waals surface area contributed by atoms with Gasteiger partial charge in [-0.2, -0.15) is 4.98 Å². The summed E-state index contributed by atoms with van der Waals surface area (Å²) in [6, 6.07) is 3.14. The summed E-state index contributed by atoms with van der Waals surface area (Å²) in [6.07, 6.45) is 5.17. The summed E-state index contributed by atoms with van der Waals surface area (Å²) in [5, 5.41) is 6.77. The lowest BCUT2D eigenvalue weighted by molar-refractivity contribution is -0.127. The van der Waals surface area contributed by atoms with E-state index in [1.807, 2.05) is 6.92 Å². The van der Waals surface area contributed by atoms with Crippen molar-refractivity contribution in [3.8, 4) is 0 Å². The Balaban J connectivity index is 1.54. The predicted octanol–water partition coefficient (Wildman–Crippen LogP) is 1.89. The number of nitrogens with one attached hydrogen (secondary N) is 1. The monoisotopic (exact) mass is 357 g/mol. The highest BCUT2D eigenvalue weighted by molar-refractivity contribution is 5.94. The molecule has 0 aliphatic carbocycles. The van der Waals surface area contributed by atoms with E-state index >= 15 is 0 Å². The first kappa shape index (κ1) is 18.0. The molecule has 1 atom stereocenters. The van der Waals surface area contributed by atoms with Gasteiger partial charge in [-0.3, -0.25) is 14.6 Å². The van der Waals surface area contributed by atoms with Crippen LogP contribution in [-0.2, 0) is 4.79 Å². The number of pyridine rings is 1. The minimum absolute atomic E-state index is 0.0148. The van der Waals surface area contributed by atoms with Crippen LogP contribution < -0.4 is 5.32 Å². The second-order valence-corrected chi connectivity index (χ2v) is 6.45. The largest absolute Gasteiger partial charge is 0.344 e. The maximum absolute atomic E-state index is 12.6. The molecule has 8 nitrogen and oxygen atoms in total. The molecule has 1 fully saturated rings. The summed E-state index contributed by atoms with van der Waals surface area (Å²) in [4.78, 5) is 35.0. The van der Waals surface area contributed by atoms with Crippen LogP contribution >= 0.6 is 0 Å². The number of rotatable bonds is 5. The first-order chi connectivity index (χ1) is 12.6. The van der Waals surface area contributed by atoms with Crippen LogP contribution in [0, 0.1) is 12.8 Å². The molecule has 1 aliphatic rings. The van der Waals surface area contributed by atoms with Crippen molar-refractivity contribution < 1.29 is 14.1 Å². The maximum atomic E-state index is 12.6. The molecule has 0 bridgehead atoms. The normalized spacial score (nSPS) is 16.3. The molecular formula is C18H23N5O3. The summed E-state index contributed by atoms with van der Waals surface area (Å²) in [6.45, 7) is 4.84. The molecule has 3 heterocycles. The smallest absolute Gasteiger partial charge is 0.253 e. The molecule has 26 heavy (non-hydrogen) atoms. The fourth-order valence-corrected chi connectivity index (χ4v) is 3.10. The number of hydrogen-bond acceptors (Lipinski definition) is 6. The number of aryl methyl sites for hydroxylation is 1. The van der Waals surface area contributed by atoms with Gasteiger partial charge in [0.2, 0.25) is 11.8 Å². The minimum Gasteiger partial charge on any atom is -0.344 e. The van der Waals surface area contributed by atoms with Gasteiger partial charge in [0.25, 0.3) is 5.91 Å². The number of carbonyl (C=O) groups is 2. The summed E-state index contributed by atoms with van der Waals surface area (Å²) in [7, 11) is 0. The van der Waals surface area contributed by atoms with Crippen molar-refractivity contribution in [1.82, 2.24) is 25.3 Å². The Morgan fingerprint density at radius 1 is 1.31 bits per heavy atom. The number of nitrogens with zero attached hydrogens (tertiary/aromatic N) is 4. The number of amides is 2. The molecule has 1 saturated heterocycles. The van der Waals surface area contributed by atoms with Gasteiger partial charge in [-0.05, 0) is 38.3 Å². The Morgan fingerprint density at radius 3 is 2.58 bits per heavy atom. The van der Waals surface area contributed by atoms with Crippen molar-refractivity contribution in [3.63, 3.8) is 0 Å². The quantitative estimate of drug-likeness (QED) is 0.877. The van der Waals surface area contributed by atoms with E-state index in [2.05, 4.69) is 20.4 Å². The Kier molecular flexibility index (Phi) is 5.60. The van der Waals surface area contributed by atoms with E-state index in [1.54, 1.807) is 36.4 Å². The Bertz CT molecular complexity index is 753. The van der Waals surface area contributed by atoms with Crippen LogP contribution in [0.15, 0.2) is 29.0 Å². The van der Waals surface area contributed by atoms with Crippen LogP contribution in [0.25, 0.3) is 0 Å². The predicted molar refractivity (Wildman–Crippen MR) is 93.1 cm³/mol. The molecule has 2 amide bonds. The van der Waals surface area contributed by atoms with Gasteiger partial charge in [-0.1, -0.05) is 12.1 Å². The third-order valence-electron chi connectivity index (χ3n) is 4.65. The van der Waals surface area contributed by atoms with Crippen LogP contribution in [0.5, 0.6) is 0 Å². The molecule has 1 aliphatic heterocycles. The fourth-order valence-electron chi connectivity index (χ4n) is 3.10. The molecule has 3 rings (SSSR count). The van der Waals surface area contributed by atoms with Crippen LogP contribution in [0.2, 0.25) is 0 Å². The van der Waals surface area contributed by atoms with Crippen molar-refractivity contribution in [2.75, 3.05) is 13.1 Å². The Morgan fingerprint density at radius 2 is 2.00 bits per heavy atom. The molecule has 0 spiro atoms. The van der Waals surface area contributed by atoms with Crippen LogP contribution in [0.4, 0.5) is 0 Å².